The molecule has 0 radical (unpaired) electrons. The van der Waals surface area contributed by atoms with Gasteiger partial charge in [0.1, 0.15) is 10.8 Å². The molecule has 0 spiro atoms. The molecule has 1 aliphatic carbocycles. The van der Waals surface area contributed by atoms with Crippen LogP contribution in [0, 0.1) is 5.82 Å². The molecule has 112 valence electrons. The van der Waals surface area contributed by atoms with E-state index in [1.807, 2.05) is 0 Å². The summed E-state index contributed by atoms with van der Waals surface area (Å²) in [4.78, 5) is 4.18. The Morgan fingerprint density at radius 1 is 1.29 bits per heavy atom. The normalized spacial score (nSPS) is 15.4. The lowest BCUT2D eigenvalue weighted by molar-refractivity contribution is -0.137. The molecule has 0 saturated heterocycles. The van der Waals surface area contributed by atoms with Gasteiger partial charge < -0.3 is 5.32 Å². The van der Waals surface area contributed by atoms with E-state index in [-0.39, 0.29) is 10.6 Å². The van der Waals surface area contributed by atoms with Crippen molar-refractivity contribution in [1.82, 2.24) is 10.3 Å². The number of alkyl halides is 3. The van der Waals surface area contributed by atoms with E-state index in [1.165, 1.54) is 0 Å². The van der Waals surface area contributed by atoms with Crippen molar-refractivity contribution >= 4 is 11.3 Å². The number of halogens is 4. The zero-order valence-electron chi connectivity index (χ0n) is 10.9. The van der Waals surface area contributed by atoms with Gasteiger partial charge in [0, 0.05) is 23.5 Å². The Kier molecular flexibility index (Phi) is 3.71. The third-order valence-corrected chi connectivity index (χ3v) is 4.14. The summed E-state index contributed by atoms with van der Waals surface area (Å²) >= 11 is 1.10. The van der Waals surface area contributed by atoms with Gasteiger partial charge in [-0.15, -0.1) is 11.3 Å². The molecule has 3 rings (SSSR count). The highest BCUT2D eigenvalue weighted by Crippen LogP contribution is 2.38. The highest BCUT2D eigenvalue weighted by Gasteiger charge is 2.34. The molecule has 0 bridgehead atoms. The minimum absolute atomic E-state index is 0.189. The summed E-state index contributed by atoms with van der Waals surface area (Å²) in [5.74, 6) is -0.703. The van der Waals surface area contributed by atoms with Crippen LogP contribution in [-0.2, 0) is 12.7 Å². The van der Waals surface area contributed by atoms with Gasteiger partial charge in [0.05, 0.1) is 11.3 Å². The second-order valence-corrected chi connectivity index (χ2v) is 5.84. The third kappa shape index (κ3) is 3.41. The van der Waals surface area contributed by atoms with E-state index in [4.69, 9.17) is 0 Å². The number of aromatic nitrogens is 1. The fraction of sp³-hybridized carbons (Fsp3) is 0.357. The number of nitrogens with zero attached hydrogens (tertiary/aromatic N) is 1. The molecule has 2 nitrogen and oxygen atoms in total. The van der Waals surface area contributed by atoms with E-state index >= 15 is 0 Å². The molecule has 1 heterocycles. The number of thiazole rings is 1. The van der Waals surface area contributed by atoms with Crippen LogP contribution in [0.25, 0.3) is 10.6 Å². The lowest BCUT2D eigenvalue weighted by Gasteiger charge is -2.11. The molecule has 1 N–H and O–H groups in total. The van der Waals surface area contributed by atoms with Gasteiger partial charge in [-0.05, 0) is 31.0 Å². The highest BCUT2D eigenvalue weighted by atomic mass is 32.1. The third-order valence-electron chi connectivity index (χ3n) is 3.22. The summed E-state index contributed by atoms with van der Waals surface area (Å²) in [5.41, 5.74) is -0.385. The number of hydrogen-bond acceptors (Lipinski definition) is 3. The molecule has 0 amide bonds. The van der Waals surface area contributed by atoms with Crippen LogP contribution < -0.4 is 5.32 Å². The fourth-order valence-electron chi connectivity index (χ4n) is 1.99. The van der Waals surface area contributed by atoms with Crippen LogP contribution in [0.1, 0.15) is 24.1 Å². The summed E-state index contributed by atoms with van der Waals surface area (Å²) in [5, 5.41) is 5.14. The average molecular weight is 316 g/mol. The molecule has 1 fully saturated rings. The monoisotopic (exact) mass is 316 g/mol. The predicted octanol–water partition coefficient (Wildman–Crippen LogP) is 4.22. The molecule has 1 aromatic carbocycles. The van der Waals surface area contributed by atoms with Gasteiger partial charge in [0.15, 0.2) is 0 Å². The molecule has 0 aliphatic heterocycles. The SMILES string of the molecule is Fc1ccc(C(F)(F)F)c(-c2nc(CNC3CC3)cs2)c1. The van der Waals surface area contributed by atoms with Crippen LogP contribution in [-0.4, -0.2) is 11.0 Å². The summed E-state index contributed by atoms with van der Waals surface area (Å²) in [6.07, 6.45) is -2.28. The number of nitrogens with one attached hydrogen (secondary N) is 1. The van der Waals surface area contributed by atoms with Crippen molar-refractivity contribution in [1.29, 1.82) is 0 Å². The molecular formula is C14H12F4N2S. The van der Waals surface area contributed by atoms with Crippen LogP contribution in [0.3, 0.4) is 0 Å². The zero-order valence-corrected chi connectivity index (χ0v) is 11.7. The first kappa shape index (κ1) is 14.5. The number of hydrogen-bond donors (Lipinski definition) is 1. The van der Waals surface area contributed by atoms with E-state index in [0.717, 1.165) is 42.4 Å². The van der Waals surface area contributed by atoms with E-state index in [1.54, 1.807) is 5.38 Å². The van der Waals surface area contributed by atoms with Gasteiger partial charge in [0.2, 0.25) is 0 Å². The molecule has 0 unspecified atom stereocenters. The minimum atomic E-state index is -4.53. The van der Waals surface area contributed by atoms with Crippen LogP contribution in [0.15, 0.2) is 23.6 Å². The minimum Gasteiger partial charge on any atom is -0.308 e. The maximum atomic E-state index is 13.3. The Hall–Kier alpha value is -1.47. The smallest absolute Gasteiger partial charge is 0.308 e. The maximum Gasteiger partial charge on any atom is 0.417 e. The first-order valence-electron chi connectivity index (χ1n) is 6.48. The molecule has 7 heteroatoms. The largest absolute Gasteiger partial charge is 0.417 e. The second-order valence-electron chi connectivity index (χ2n) is 4.99. The molecule has 1 aliphatic rings. The number of benzene rings is 1. The van der Waals surface area contributed by atoms with E-state index in [9.17, 15) is 17.6 Å². The Morgan fingerprint density at radius 2 is 2.05 bits per heavy atom. The Balaban J connectivity index is 1.89. The van der Waals surface area contributed by atoms with Crippen LogP contribution >= 0.6 is 11.3 Å². The highest BCUT2D eigenvalue weighted by molar-refractivity contribution is 7.13. The summed E-state index contributed by atoms with van der Waals surface area (Å²) in [7, 11) is 0. The summed E-state index contributed by atoms with van der Waals surface area (Å²) in [6.45, 7) is 0.526. The average Bonchev–Trinajstić information content (AvgIpc) is 3.12. The summed E-state index contributed by atoms with van der Waals surface area (Å²) < 4.78 is 52.2. The van der Waals surface area contributed by atoms with Crippen LogP contribution in [0.4, 0.5) is 17.6 Å². The molecule has 0 atom stereocenters. The van der Waals surface area contributed by atoms with Crippen LogP contribution in [0.5, 0.6) is 0 Å². The first-order valence-corrected chi connectivity index (χ1v) is 7.36. The van der Waals surface area contributed by atoms with Crippen molar-refractivity contribution in [2.24, 2.45) is 0 Å². The quantitative estimate of drug-likeness (QED) is 0.854. The van der Waals surface area contributed by atoms with Crippen LogP contribution in [0.2, 0.25) is 0 Å². The molecule has 1 aromatic heterocycles. The van der Waals surface area contributed by atoms with Gasteiger partial charge in [-0.25, -0.2) is 9.37 Å². The fourth-order valence-corrected chi connectivity index (χ4v) is 2.84. The molecule has 1 saturated carbocycles. The van der Waals surface area contributed by atoms with Crippen molar-refractivity contribution in [2.75, 3.05) is 0 Å². The lowest BCUT2D eigenvalue weighted by atomic mass is 10.1. The van der Waals surface area contributed by atoms with Gasteiger partial charge >= 0.3 is 6.18 Å². The van der Waals surface area contributed by atoms with Crippen molar-refractivity contribution in [3.63, 3.8) is 0 Å². The Morgan fingerprint density at radius 3 is 2.71 bits per heavy atom. The zero-order chi connectivity index (χ0) is 15.0. The molecule has 21 heavy (non-hydrogen) atoms. The maximum absolute atomic E-state index is 13.3. The second kappa shape index (κ2) is 5.38. The first-order chi connectivity index (χ1) is 9.93. The predicted molar refractivity (Wildman–Crippen MR) is 72.4 cm³/mol. The lowest BCUT2D eigenvalue weighted by Crippen LogP contribution is -2.15. The molecule has 2 aromatic rings. The topological polar surface area (TPSA) is 24.9 Å². The van der Waals surface area contributed by atoms with E-state index in [0.29, 0.717) is 18.3 Å². The van der Waals surface area contributed by atoms with Gasteiger partial charge in [-0.2, -0.15) is 13.2 Å². The van der Waals surface area contributed by atoms with Crippen molar-refractivity contribution in [3.8, 4) is 10.6 Å². The molecular weight excluding hydrogens is 304 g/mol. The Bertz CT molecular complexity index is 647. The standard InChI is InChI=1S/C14H12F4N2S/c15-8-1-4-12(14(16,17)18)11(5-8)13-20-10(7-21-13)6-19-9-2-3-9/h1,4-5,7,9,19H,2-3,6H2. The van der Waals surface area contributed by atoms with Gasteiger partial charge in [-0.3, -0.25) is 0 Å². The van der Waals surface area contributed by atoms with E-state index in [2.05, 4.69) is 10.3 Å². The van der Waals surface area contributed by atoms with Crippen molar-refractivity contribution < 1.29 is 17.6 Å². The van der Waals surface area contributed by atoms with Crippen molar-refractivity contribution in [2.45, 2.75) is 31.6 Å². The van der Waals surface area contributed by atoms with Gasteiger partial charge in [0.25, 0.3) is 0 Å². The van der Waals surface area contributed by atoms with Gasteiger partial charge in [-0.1, -0.05) is 0 Å². The van der Waals surface area contributed by atoms with E-state index < -0.39 is 17.6 Å². The number of rotatable bonds is 4. The Labute approximate surface area is 122 Å². The summed E-state index contributed by atoms with van der Waals surface area (Å²) in [6, 6.07) is 2.96. The van der Waals surface area contributed by atoms with Crippen molar-refractivity contribution in [3.05, 3.63) is 40.7 Å².